The highest BCUT2D eigenvalue weighted by Crippen LogP contribution is 2.31. The third-order valence-electron chi connectivity index (χ3n) is 5.74. The molecule has 9 nitrogen and oxygen atoms in total. The molecule has 4 saturated heterocycles. The van der Waals surface area contributed by atoms with Gasteiger partial charge in [0, 0.05) is 13.0 Å². The molecule has 4 fully saturated rings. The smallest absolute Gasteiger partial charge is 0.351 e. The number of carbonyl (C=O) groups is 1. The summed E-state index contributed by atoms with van der Waals surface area (Å²) in [5.74, 6) is 0.738. The van der Waals surface area contributed by atoms with Crippen LogP contribution in [0.4, 0.5) is 0 Å². The van der Waals surface area contributed by atoms with Crippen LogP contribution in [0.25, 0.3) is 0 Å². The highest BCUT2D eigenvalue weighted by Gasteiger charge is 2.59. The Labute approximate surface area is 146 Å². The number of piperidine rings is 2. The Balaban J connectivity index is 1.69. The number of guanidine groups is 1. The van der Waals surface area contributed by atoms with Crippen LogP contribution in [0.15, 0.2) is 0 Å². The van der Waals surface area contributed by atoms with Crippen molar-refractivity contribution in [2.24, 2.45) is 0 Å². The molecule has 0 aromatic rings. The molecule has 9 heteroatoms. The fraction of sp³-hybridized carbons (Fsp3) is 0.875. The maximum atomic E-state index is 12.3. The van der Waals surface area contributed by atoms with Crippen LogP contribution in [-0.4, -0.2) is 99.5 Å². The minimum Gasteiger partial charge on any atom is -0.394 e. The molecule has 0 aromatic carbocycles. The lowest BCUT2D eigenvalue weighted by Crippen LogP contribution is -2.56. The molecule has 0 bridgehead atoms. The van der Waals surface area contributed by atoms with Gasteiger partial charge in [0.05, 0.1) is 19.7 Å². The van der Waals surface area contributed by atoms with Crippen molar-refractivity contribution < 1.29 is 29.4 Å². The number of aliphatic hydroxyl groups excluding tert-OH is 3. The zero-order valence-corrected chi connectivity index (χ0v) is 14.2. The van der Waals surface area contributed by atoms with E-state index in [0.29, 0.717) is 6.54 Å². The first-order valence-electron chi connectivity index (χ1n) is 9.18. The molecule has 4 aliphatic heterocycles. The summed E-state index contributed by atoms with van der Waals surface area (Å²) in [6.45, 7) is 1.98. The normalized spacial score (nSPS) is 41.6. The summed E-state index contributed by atoms with van der Waals surface area (Å²) < 4.78 is 7.98. The van der Waals surface area contributed by atoms with Crippen molar-refractivity contribution >= 4 is 11.9 Å². The van der Waals surface area contributed by atoms with E-state index in [9.17, 15) is 20.1 Å². The topological polar surface area (TPSA) is 117 Å². The molecule has 6 atom stereocenters. The van der Waals surface area contributed by atoms with Crippen molar-refractivity contribution in [3.63, 3.8) is 0 Å². The van der Waals surface area contributed by atoms with Crippen LogP contribution < -0.4 is 10.6 Å². The molecular formula is C16H27N4O5+. The third kappa shape index (κ3) is 2.79. The van der Waals surface area contributed by atoms with Crippen LogP contribution in [0.1, 0.15) is 25.7 Å². The number of fused-ring (bicyclic) bond motifs is 1. The highest BCUT2D eigenvalue weighted by molar-refractivity contribution is 5.92. The predicted octanol–water partition coefficient (Wildman–Crippen LogP) is -2.86. The van der Waals surface area contributed by atoms with E-state index in [1.165, 1.54) is 6.42 Å². The van der Waals surface area contributed by atoms with E-state index in [0.717, 1.165) is 38.3 Å². The van der Waals surface area contributed by atoms with E-state index in [1.807, 2.05) is 4.90 Å². The average Bonchev–Trinajstić information content (AvgIpc) is 3.15. The van der Waals surface area contributed by atoms with Gasteiger partial charge in [0.25, 0.3) is 5.91 Å². The van der Waals surface area contributed by atoms with Crippen LogP contribution >= 0.6 is 0 Å². The van der Waals surface area contributed by atoms with E-state index in [4.69, 9.17) is 4.74 Å². The molecule has 4 heterocycles. The molecule has 1 amide bonds. The number of amides is 1. The zero-order valence-electron chi connectivity index (χ0n) is 14.2. The Morgan fingerprint density at radius 3 is 2.64 bits per heavy atom. The largest absolute Gasteiger partial charge is 0.394 e. The van der Waals surface area contributed by atoms with Gasteiger partial charge in [0.1, 0.15) is 24.4 Å². The predicted molar refractivity (Wildman–Crippen MR) is 86.8 cm³/mol. The van der Waals surface area contributed by atoms with E-state index < -0.39 is 30.6 Å². The molecule has 0 radical (unpaired) electrons. The molecule has 0 spiro atoms. The number of hydrogen-bond donors (Lipinski definition) is 5. The average molecular weight is 355 g/mol. The van der Waals surface area contributed by atoms with Crippen molar-refractivity contribution in [3.8, 4) is 0 Å². The Morgan fingerprint density at radius 1 is 1.20 bits per heavy atom. The SMILES string of the molecule is O=C1NCC[C@H]2[C@@H]1NC(=[N+]1CCCCC1)N2[C@H]1O[C@@H](CO)[C@@H](O)[C@H]1O. The van der Waals surface area contributed by atoms with Gasteiger partial charge >= 0.3 is 5.96 Å². The number of hydrogen-bond acceptors (Lipinski definition) is 5. The van der Waals surface area contributed by atoms with Gasteiger partial charge in [-0.05, 0) is 19.3 Å². The molecule has 4 aliphatic rings. The van der Waals surface area contributed by atoms with Gasteiger partial charge in [-0.2, -0.15) is 0 Å². The second-order valence-electron chi connectivity index (χ2n) is 7.28. The fourth-order valence-corrected chi connectivity index (χ4v) is 4.41. The molecule has 0 aliphatic carbocycles. The first-order chi connectivity index (χ1) is 12.1. The van der Waals surface area contributed by atoms with Gasteiger partial charge in [-0.25, -0.2) is 4.90 Å². The number of ether oxygens (including phenoxy) is 1. The van der Waals surface area contributed by atoms with Gasteiger partial charge in [-0.1, -0.05) is 0 Å². The molecule has 4 rings (SSSR count). The molecule has 0 aromatic heterocycles. The van der Waals surface area contributed by atoms with Gasteiger partial charge in [0.15, 0.2) is 6.04 Å². The lowest BCUT2D eigenvalue weighted by molar-refractivity contribution is -0.544. The van der Waals surface area contributed by atoms with Crippen molar-refractivity contribution in [2.45, 2.75) is 62.3 Å². The molecular weight excluding hydrogens is 328 g/mol. The molecule has 0 unspecified atom stereocenters. The molecule has 140 valence electrons. The van der Waals surface area contributed by atoms with Crippen LogP contribution in [-0.2, 0) is 9.53 Å². The van der Waals surface area contributed by atoms with E-state index in [2.05, 4.69) is 15.2 Å². The Morgan fingerprint density at radius 2 is 1.96 bits per heavy atom. The first-order valence-corrected chi connectivity index (χ1v) is 9.18. The number of nitrogens with one attached hydrogen (secondary N) is 2. The third-order valence-corrected chi connectivity index (χ3v) is 5.74. The summed E-state index contributed by atoms with van der Waals surface area (Å²) in [6.07, 6.45) is 0.193. The van der Waals surface area contributed by atoms with E-state index in [-0.39, 0.29) is 18.6 Å². The van der Waals surface area contributed by atoms with Crippen LogP contribution in [0, 0.1) is 0 Å². The van der Waals surface area contributed by atoms with Crippen molar-refractivity contribution in [3.05, 3.63) is 0 Å². The Kier molecular flexibility index (Phi) is 4.57. The van der Waals surface area contributed by atoms with Crippen LogP contribution in [0.5, 0.6) is 0 Å². The summed E-state index contributed by atoms with van der Waals surface area (Å²) in [4.78, 5) is 14.2. The van der Waals surface area contributed by atoms with E-state index in [1.54, 1.807) is 0 Å². The van der Waals surface area contributed by atoms with Crippen LogP contribution in [0.2, 0.25) is 0 Å². The minimum atomic E-state index is -1.14. The zero-order chi connectivity index (χ0) is 17.6. The summed E-state index contributed by atoms with van der Waals surface area (Å²) in [7, 11) is 0. The first kappa shape index (κ1) is 17.0. The lowest BCUT2D eigenvalue weighted by Gasteiger charge is -2.31. The van der Waals surface area contributed by atoms with E-state index >= 15 is 0 Å². The second kappa shape index (κ2) is 6.71. The van der Waals surface area contributed by atoms with Gasteiger partial charge in [-0.3, -0.25) is 14.7 Å². The second-order valence-corrected chi connectivity index (χ2v) is 7.28. The Hall–Kier alpha value is -1.42. The quantitative estimate of drug-likeness (QED) is 0.338. The summed E-state index contributed by atoms with van der Waals surface area (Å²) in [5, 5.41) is 36.2. The van der Waals surface area contributed by atoms with Crippen molar-refractivity contribution in [1.82, 2.24) is 15.5 Å². The van der Waals surface area contributed by atoms with Gasteiger partial charge < -0.3 is 25.4 Å². The minimum absolute atomic E-state index is 0.0556. The monoisotopic (exact) mass is 355 g/mol. The number of aliphatic hydroxyl groups is 3. The fourth-order valence-electron chi connectivity index (χ4n) is 4.41. The van der Waals surface area contributed by atoms with Crippen molar-refractivity contribution in [1.29, 1.82) is 0 Å². The lowest BCUT2D eigenvalue weighted by atomic mass is 10.00. The number of carbonyl (C=O) groups excluding carboxylic acids is 1. The van der Waals surface area contributed by atoms with Gasteiger partial charge in [-0.15, -0.1) is 0 Å². The highest BCUT2D eigenvalue weighted by atomic mass is 16.6. The Bertz CT molecular complexity index is 563. The molecule has 25 heavy (non-hydrogen) atoms. The van der Waals surface area contributed by atoms with Gasteiger partial charge in [0.2, 0.25) is 6.23 Å². The summed E-state index contributed by atoms with van der Waals surface area (Å²) in [5.41, 5.74) is 0. The summed E-state index contributed by atoms with van der Waals surface area (Å²) in [6, 6.07) is -0.540. The standard InChI is InChI=1S/C16H26N4O5/c21-8-10-12(22)13(23)15(25-10)20-9-4-5-17-14(24)11(9)18-16(20)19-6-2-1-3-7-19/h9-13,15,21-23H,1-8H2,(H,17,24)/p+1/t9-,10-,11-,12+,13+,15-/m0/s1. The molecule has 5 N–H and O–H groups in total. The summed E-state index contributed by atoms with van der Waals surface area (Å²) >= 11 is 0. The maximum absolute atomic E-state index is 12.3. The number of rotatable bonds is 2. The molecule has 0 saturated carbocycles. The van der Waals surface area contributed by atoms with Crippen molar-refractivity contribution in [2.75, 3.05) is 26.2 Å². The number of nitrogens with zero attached hydrogens (tertiary/aromatic N) is 2. The van der Waals surface area contributed by atoms with Crippen LogP contribution in [0.3, 0.4) is 0 Å². The maximum Gasteiger partial charge on any atom is 0.351 e.